The maximum Gasteiger partial charge on any atom is 0.126 e. The van der Waals surface area contributed by atoms with Crippen molar-refractivity contribution < 1.29 is 4.39 Å². The van der Waals surface area contributed by atoms with E-state index in [4.69, 9.17) is 0 Å². The summed E-state index contributed by atoms with van der Waals surface area (Å²) in [6.45, 7) is 7.20. The number of benzene rings is 1. The van der Waals surface area contributed by atoms with Gasteiger partial charge in [0.1, 0.15) is 5.82 Å². The number of halogens is 1. The molecule has 0 aromatic heterocycles. The molecule has 1 nitrogen and oxygen atoms in total. The molecule has 0 saturated carbocycles. The van der Waals surface area contributed by atoms with E-state index in [9.17, 15) is 4.39 Å². The Morgan fingerprint density at radius 2 is 1.89 bits per heavy atom. The summed E-state index contributed by atoms with van der Waals surface area (Å²) in [6, 6.07) is 5.94. The maximum absolute atomic E-state index is 13.7. The minimum absolute atomic E-state index is 0.0886. The average molecular weight is 265 g/mol. The van der Waals surface area contributed by atoms with Gasteiger partial charge in [-0.2, -0.15) is 0 Å². The largest absolute Gasteiger partial charge is 0.310 e. The summed E-state index contributed by atoms with van der Waals surface area (Å²) < 4.78 is 13.7. The second-order valence-electron chi connectivity index (χ2n) is 5.36. The van der Waals surface area contributed by atoms with Crippen molar-refractivity contribution in [3.8, 4) is 0 Å². The molecule has 0 aliphatic heterocycles. The van der Waals surface area contributed by atoms with Gasteiger partial charge in [0.05, 0.1) is 0 Å². The fourth-order valence-electron chi connectivity index (χ4n) is 2.31. The molecule has 1 aromatic carbocycles. The topological polar surface area (TPSA) is 12.0 Å². The van der Waals surface area contributed by atoms with Crippen LogP contribution in [0.2, 0.25) is 0 Å². The lowest BCUT2D eigenvalue weighted by atomic mass is 9.98. The van der Waals surface area contributed by atoms with Crippen LogP contribution in [-0.2, 0) is 0 Å². The van der Waals surface area contributed by atoms with Crippen molar-refractivity contribution in [3.63, 3.8) is 0 Å². The summed E-state index contributed by atoms with van der Waals surface area (Å²) in [7, 11) is 0. The van der Waals surface area contributed by atoms with Gasteiger partial charge in [0.2, 0.25) is 0 Å². The number of hydrogen-bond donors (Lipinski definition) is 1. The Balaban J connectivity index is 2.63. The highest BCUT2D eigenvalue weighted by atomic mass is 19.1. The van der Waals surface area contributed by atoms with Crippen molar-refractivity contribution in [2.24, 2.45) is 0 Å². The summed E-state index contributed by atoms with van der Waals surface area (Å²) in [6.07, 6.45) is 7.25. The van der Waals surface area contributed by atoms with Crippen molar-refractivity contribution in [1.82, 2.24) is 5.32 Å². The zero-order valence-corrected chi connectivity index (χ0v) is 12.6. The number of unbranched alkanes of at least 4 members (excludes halogenated alkanes) is 3. The molecule has 0 spiro atoms. The molecule has 2 heteroatoms. The first-order valence-electron chi connectivity index (χ1n) is 7.68. The maximum atomic E-state index is 13.7. The zero-order valence-electron chi connectivity index (χ0n) is 12.6. The zero-order chi connectivity index (χ0) is 14.1. The van der Waals surface area contributed by atoms with Gasteiger partial charge < -0.3 is 5.32 Å². The Morgan fingerprint density at radius 1 is 1.11 bits per heavy atom. The molecule has 0 fully saturated rings. The Kier molecular flexibility index (Phi) is 7.73. The fourth-order valence-corrected chi connectivity index (χ4v) is 2.31. The van der Waals surface area contributed by atoms with Gasteiger partial charge in [-0.05, 0) is 43.5 Å². The Labute approximate surface area is 117 Å². The van der Waals surface area contributed by atoms with Crippen molar-refractivity contribution in [1.29, 1.82) is 0 Å². The van der Waals surface area contributed by atoms with Crippen molar-refractivity contribution in [2.45, 2.75) is 65.3 Å². The molecule has 0 amide bonds. The van der Waals surface area contributed by atoms with Crippen molar-refractivity contribution in [3.05, 3.63) is 35.1 Å². The lowest BCUT2D eigenvalue weighted by molar-refractivity contribution is 0.468. The van der Waals surface area contributed by atoms with E-state index in [-0.39, 0.29) is 5.82 Å². The van der Waals surface area contributed by atoms with Gasteiger partial charge in [0, 0.05) is 6.04 Å². The quantitative estimate of drug-likeness (QED) is 0.609. The molecule has 108 valence electrons. The third kappa shape index (κ3) is 5.73. The van der Waals surface area contributed by atoms with Gasteiger partial charge in [-0.15, -0.1) is 0 Å². The molecule has 1 rings (SSSR count). The molecular formula is C17H28FN. The highest BCUT2D eigenvalue weighted by Gasteiger charge is 2.11. The number of hydrogen-bond acceptors (Lipinski definition) is 1. The number of nitrogens with one attached hydrogen (secondary N) is 1. The lowest BCUT2D eigenvalue weighted by Crippen LogP contribution is -2.22. The van der Waals surface area contributed by atoms with Crippen LogP contribution in [0.3, 0.4) is 0 Å². The monoisotopic (exact) mass is 265 g/mol. The smallest absolute Gasteiger partial charge is 0.126 e. The normalized spacial score (nSPS) is 12.6. The van der Waals surface area contributed by atoms with Gasteiger partial charge >= 0.3 is 0 Å². The van der Waals surface area contributed by atoms with E-state index in [1.165, 1.54) is 25.7 Å². The van der Waals surface area contributed by atoms with Gasteiger partial charge in [-0.3, -0.25) is 0 Å². The number of aryl methyl sites for hydroxylation is 1. The van der Waals surface area contributed by atoms with E-state index in [1.54, 1.807) is 6.07 Å². The molecule has 0 radical (unpaired) electrons. The van der Waals surface area contributed by atoms with Crippen LogP contribution in [0.25, 0.3) is 0 Å². The lowest BCUT2D eigenvalue weighted by Gasteiger charge is -2.19. The van der Waals surface area contributed by atoms with Gasteiger partial charge in [0.15, 0.2) is 0 Å². The molecule has 1 aromatic rings. The standard InChI is InChI=1S/C17H28FN/c1-4-6-7-8-9-17(19-12-5-2)15-11-10-14(3)16(18)13-15/h10-11,13,17,19H,4-9,12H2,1-3H3. The van der Waals surface area contributed by atoms with Gasteiger partial charge in [0.25, 0.3) is 0 Å². The molecule has 0 heterocycles. The van der Waals surface area contributed by atoms with E-state index in [2.05, 4.69) is 25.2 Å². The summed E-state index contributed by atoms with van der Waals surface area (Å²) in [4.78, 5) is 0. The summed E-state index contributed by atoms with van der Waals surface area (Å²) in [5, 5.41) is 3.54. The third-order valence-electron chi connectivity index (χ3n) is 3.59. The minimum atomic E-state index is -0.0886. The Bertz CT molecular complexity index is 362. The molecular weight excluding hydrogens is 237 g/mol. The molecule has 1 atom stereocenters. The third-order valence-corrected chi connectivity index (χ3v) is 3.59. The molecule has 0 bridgehead atoms. The Hall–Kier alpha value is -0.890. The van der Waals surface area contributed by atoms with Crippen LogP contribution < -0.4 is 5.32 Å². The second kappa shape index (κ2) is 9.08. The van der Waals surface area contributed by atoms with Crippen molar-refractivity contribution >= 4 is 0 Å². The van der Waals surface area contributed by atoms with Crippen LogP contribution in [0.15, 0.2) is 18.2 Å². The highest BCUT2D eigenvalue weighted by Crippen LogP contribution is 2.22. The highest BCUT2D eigenvalue weighted by molar-refractivity contribution is 5.25. The van der Waals surface area contributed by atoms with E-state index < -0.39 is 0 Å². The van der Waals surface area contributed by atoms with E-state index >= 15 is 0 Å². The van der Waals surface area contributed by atoms with Gasteiger partial charge in [-0.1, -0.05) is 51.7 Å². The average Bonchev–Trinajstić information content (AvgIpc) is 2.41. The van der Waals surface area contributed by atoms with E-state index in [0.717, 1.165) is 30.5 Å². The first kappa shape index (κ1) is 16.2. The summed E-state index contributed by atoms with van der Waals surface area (Å²) in [5.74, 6) is -0.0886. The van der Waals surface area contributed by atoms with Crippen molar-refractivity contribution in [2.75, 3.05) is 6.54 Å². The molecule has 0 aliphatic rings. The van der Waals surface area contributed by atoms with Crippen LogP contribution in [0.4, 0.5) is 4.39 Å². The molecule has 0 aliphatic carbocycles. The number of rotatable bonds is 9. The van der Waals surface area contributed by atoms with Crippen LogP contribution in [-0.4, -0.2) is 6.54 Å². The summed E-state index contributed by atoms with van der Waals surface area (Å²) in [5.41, 5.74) is 1.82. The van der Waals surface area contributed by atoms with Crippen LogP contribution in [0, 0.1) is 12.7 Å². The summed E-state index contributed by atoms with van der Waals surface area (Å²) >= 11 is 0. The first-order chi connectivity index (χ1) is 9.19. The molecule has 1 N–H and O–H groups in total. The second-order valence-corrected chi connectivity index (χ2v) is 5.36. The van der Waals surface area contributed by atoms with E-state index in [1.807, 2.05) is 13.0 Å². The molecule has 19 heavy (non-hydrogen) atoms. The fraction of sp³-hybridized carbons (Fsp3) is 0.647. The minimum Gasteiger partial charge on any atom is -0.310 e. The molecule has 1 unspecified atom stereocenters. The predicted molar refractivity (Wildman–Crippen MR) is 80.9 cm³/mol. The van der Waals surface area contributed by atoms with Crippen LogP contribution >= 0.6 is 0 Å². The van der Waals surface area contributed by atoms with E-state index in [0.29, 0.717) is 6.04 Å². The SMILES string of the molecule is CCCCCCC(NCCC)c1ccc(C)c(F)c1. The van der Waals surface area contributed by atoms with Crippen LogP contribution in [0.1, 0.15) is 69.5 Å². The molecule has 0 saturated heterocycles. The predicted octanol–water partition coefficient (Wildman–Crippen LogP) is 5.15. The first-order valence-corrected chi connectivity index (χ1v) is 7.68. The Morgan fingerprint density at radius 3 is 2.53 bits per heavy atom. The van der Waals surface area contributed by atoms with Crippen LogP contribution in [0.5, 0.6) is 0 Å². The van der Waals surface area contributed by atoms with Gasteiger partial charge in [-0.25, -0.2) is 4.39 Å².